The molecule has 2 atom stereocenters. The molecule has 1 aromatic rings. The first-order chi connectivity index (χ1) is 15.0. The SMILES string of the molecule is CCCCCCC(C)(Cc1c(N)ccc(N)c1CC(C)(CCCCCC)[N+](=O)[O-])[N+](=O)[O-]. The van der Waals surface area contributed by atoms with Gasteiger partial charge in [0, 0.05) is 60.8 Å². The van der Waals surface area contributed by atoms with Gasteiger partial charge in [-0.15, -0.1) is 0 Å². The third-order valence-corrected chi connectivity index (χ3v) is 6.64. The summed E-state index contributed by atoms with van der Waals surface area (Å²) in [5, 5.41) is 24.0. The second-order valence-electron chi connectivity index (χ2n) is 9.68. The zero-order valence-electron chi connectivity index (χ0n) is 20.3. The van der Waals surface area contributed by atoms with Gasteiger partial charge in [-0.05, 0) is 36.1 Å². The molecular formula is C24H42N4O4. The summed E-state index contributed by atoms with van der Waals surface area (Å²) in [4.78, 5) is 23.6. The first kappa shape index (κ1) is 27.7. The molecule has 0 saturated carbocycles. The molecule has 0 amide bonds. The number of hydrogen-bond donors (Lipinski definition) is 2. The Morgan fingerprint density at radius 3 is 1.34 bits per heavy atom. The molecule has 0 saturated heterocycles. The van der Waals surface area contributed by atoms with Gasteiger partial charge in [0.15, 0.2) is 0 Å². The second-order valence-corrected chi connectivity index (χ2v) is 9.68. The third kappa shape index (κ3) is 7.64. The van der Waals surface area contributed by atoms with Crippen molar-refractivity contribution in [2.24, 2.45) is 0 Å². The summed E-state index contributed by atoms with van der Waals surface area (Å²) in [6, 6.07) is 3.30. The van der Waals surface area contributed by atoms with Crippen molar-refractivity contribution in [1.82, 2.24) is 0 Å². The van der Waals surface area contributed by atoms with E-state index in [1.54, 1.807) is 26.0 Å². The van der Waals surface area contributed by atoms with Gasteiger partial charge < -0.3 is 11.5 Å². The molecule has 0 aliphatic carbocycles. The molecule has 1 rings (SSSR count). The zero-order valence-corrected chi connectivity index (χ0v) is 20.3. The fraction of sp³-hybridized carbons (Fsp3) is 0.750. The molecule has 0 aliphatic rings. The average Bonchev–Trinajstić information content (AvgIpc) is 2.73. The van der Waals surface area contributed by atoms with E-state index in [1.165, 1.54) is 0 Å². The van der Waals surface area contributed by atoms with Crippen molar-refractivity contribution >= 4 is 11.4 Å². The van der Waals surface area contributed by atoms with E-state index in [1.807, 2.05) is 0 Å². The molecule has 8 nitrogen and oxygen atoms in total. The van der Waals surface area contributed by atoms with Gasteiger partial charge in [-0.3, -0.25) is 20.2 Å². The quantitative estimate of drug-likeness (QED) is 0.138. The number of nitrogens with two attached hydrogens (primary N) is 2. The monoisotopic (exact) mass is 450 g/mol. The normalized spacial score (nSPS) is 15.1. The van der Waals surface area contributed by atoms with Crippen LogP contribution in [0.2, 0.25) is 0 Å². The van der Waals surface area contributed by atoms with Crippen LogP contribution in [0.4, 0.5) is 11.4 Å². The maximum absolute atomic E-state index is 12.0. The Bertz CT molecular complexity index is 708. The van der Waals surface area contributed by atoms with Crippen molar-refractivity contribution in [1.29, 1.82) is 0 Å². The summed E-state index contributed by atoms with van der Waals surface area (Å²) in [7, 11) is 0. The zero-order chi connectivity index (χ0) is 24.4. The van der Waals surface area contributed by atoms with Crippen LogP contribution in [0.25, 0.3) is 0 Å². The van der Waals surface area contributed by atoms with Crippen LogP contribution in [0.15, 0.2) is 12.1 Å². The predicted molar refractivity (Wildman–Crippen MR) is 131 cm³/mol. The number of hydrogen-bond acceptors (Lipinski definition) is 6. The number of rotatable bonds is 16. The average molecular weight is 451 g/mol. The van der Waals surface area contributed by atoms with E-state index < -0.39 is 11.1 Å². The fourth-order valence-electron chi connectivity index (χ4n) is 4.26. The molecule has 0 spiro atoms. The van der Waals surface area contributed by atoms with Crippen LogP contribution in [0.3, 0.4) is 0 Å². The Balaban J connectivity index is 3.25. The van der Waals surface area contributed by atoms with E-state index in [4.69, 9.17) is 11.5 Å². The summed E-state index contributed by atoms with van der Waals surface area (Å²) in [5.74, 6) is 0. The number of anilines is 2. The minimum Gasteiger partial charge on any atom is -0.398 e. The van der Waals surface area contributed by atoms with Gasteiger partial charge >= 0.3 is 0 Å². The van der Waals surface area contributed by atoms with Crippen molar-refractivity contribution in [2.45, 2.75) is 116 Å². The number of nitrogen functional groups attached to an aromatic ring is 2. The van der Waals surface area contributed by atoms with Gasteiger partial charge in [0.05, 0.1) is 0 Å². The van der Waals surface area contributed by atoms with Gasteiger partial charge in [-0.25, -0.2) is 0 Å². The van der Waals surface area contributed by atoms with E-state index in [2.05, 4.69) is 13.8 Å². The number of nitrogens with zero attached hydrogens (tertiary/aromatic N) is 2. The molecule has 4 N–H and O–H groups in total. The second kappa shape index (κ2) is 12.6. The number of nitro groups is 2. The highest BCUT2D eigenvalue weighted by Crippen LogP contribution is 2.35. The summed E-state index contributed by atoms with van der Waals surface area (Å²) in [5.41, 5.74) is 12.1. The predicted octanol–water partition coefficient (Wildman–Crippen LogP) is 5.95. The lowest BCUT2D eigenvalue weighted by molar-refractivity contribution is -0.567. The number of benzene rings is 1. The number of unbranched alkanes of at least 4 members (excludes halogenated alkanes) is 6. The van der Waals surface area contributed by atoms with E-state index in [0.29, 0.717) is 35.3 Å². The van der Waals surface area contributed by atoms with Gasteiger partial charge in [-0.1, -0.05) is 52.4 Å². The van der Waals surface area contributed by atoms with Gasteiger partial charge in [0.1, 0.15) is 0 Å². The minimum atomic E-state index is -1.20. The Kier molecular flexibility index (Phi) is 10.9. The molecule has 0 bridgehead atoms. The summed E-state index contributed by atoms with van der Waals surface area (Å²) >= 11 is 0. The molecule has 0 radical (unpaired) electrons. The van der Waals surface area contributed by atoms with Crippen molar-refractivity contribution in [2.75, 3.05) is 11.5 Å². The van der Waals surface area contributed by atoms with Crippen LogP contribution in [0, 0.1) is 20.2 Å². The minimum absolute atomic E-state index is 0.113. The molecule has 182 valence electrons. The maximum atomic E-state index is 12.0. The first-order valence-electron chi connectivity index (χ1n) is 12.0. The molecule has 8 heteroatoms. The standard InChI is InChI=1S/C24H42N4O4/c1-5-7-9-11-15-23(3,27(29)30)17-19-20(22(26)14-13-21(19)25)18-24(4,28(31)32)16-12-10-8-6-2/h13-14H,5-12,15-18,25-26H2,1-4H3. The van der Waals surface area contributed by atoms with E-state index in [9.17, 15) is 20.2 Å². The summed E-state index contributed by atoms with van der Waals surface area (Å²) in [6.07, 6.45) is 8.67. The third-order valence-electron chi connectivity index (χ3n) is 6.64. The van der Waals surface area contributed by atoms with Gasteiger partial charge in [0.25, 0.3) is 0 Å². The van der Waals surface area contributed by atoms with E-state index in [0.717, 1.165) is 51.4 Å². The Hall–Kier alpha value is -2.38. The van der Waals surface area contributed by atoms with Crippen LogP contribution >= 0.6 is 0 Å². The van der Waals surface area contributed by atoms with Crippen LogP contribution in [-0.4, -0.2) is 20.9 Å². The fourth-order valence-corrected chi connectivity index (χ4v) is 4.26. The highest BCUT2D eigenvalue weighted by Gasteiger charge is 2.41. The van der Waals surface area contributed by atoms with Crippen molar-refractivity contribution in [3.05, 3.63) is 43.5 Å². The van der Waals surface area contributed by atoms with E-state index >= 15 is 0 Å². The summed E-state index contributed by atoms with van der Waals surface area (Å²) in [6.45, 7) is 7.48. The lowest BCUT2D eigenvalue weighted by Gasteiger charge is -2.27. The molecule has 2 unspecified atom stereocenters. The molecule has 0 aliphatic heterocycles. The molecular weight excluding hydrogens is 408 g/mol. The molecule has 32 heavy (non-hydrogen) atoms. The molecule has 0 aromatic heterocycles. The molecule has 1 aromatic carbocycles. The topological polar surface area (TPSA) is 138 Å². The lowest BCUT2D eigenvalue weighted by Crippen LogP contribution is -2.40. The molecule has 0 heterocycles. The smallest absolute Gasteiger partial charge is 0.223 e. The van der Waals surface area contributed by atoms with Crippen LogP contribution in [0.5, 0.6) is 0 Å². The van der Waals surface area contributed by atoms with Crippen LogP contribution in [0.1, 0.15) is 103 Å². The van der Waals surface area contributed by atoms with Crippen molar-refractivity contribution < 1.29 is 9.85 Å². The highest BCUT2D eigenvalue weighted by molar-refractivity contribution is 5.62. The lowest BCUT2D eigenvalue weighted by atomic mass is 9.80. The van der Waals surface area contributed by atoms with Crippen molar-refractivity contribution in [3.63, 3.8) is 0 Å². The van der Waals surface area contributed by atoms with E-state index in [-0.39, 0.29) is 22.7 Å². The summed E-state index contributed by atoms with van der Waals surface area (Å²) < 4.78 is 0. The largest absolute Gasteiger partial charge is 0.398 e. The van der Waals surface area contributed by atoms with Crippen LogP contribution in [-0.2, 0) is 12.8 Å². The first-order valence-corrected chi connectivity index (χ1v) is 12.0. The maximum Gasteiger partial charge on any atom is 0.223 e. The van der Waals surface area contributed by atoms with Gasteiger partial charge in [0.2, 0.25) is 11.1 Å². The molecule has 0 fully saturated rings. The van der Waals surface area contributed by atoms with Crippen LogP contribution < -0.4 is 11.5 Å². The Morgan fingerprint density at radius 2 is 1.06 bits per heavy atom. The highest BCUT2D eigenvalue weighted by atomic mass is 16.6. The van der Waals surface area contributed by atoms with Crippen molar-refractivity contribution in [3.8, 4) is 0 Å². The van der Waals surface area contributed by atoms with Gasteiger partial charge in [-0.2, -0.15) is 0 Å². The Labute approximate surface area is 192 Å². The Morgan fingerprint density at radius 1 is 0.719 bits per heavy atom.